The van der Waals surface area contributed by atoms with Gasteiger partial charge in [-0.05, 0) is 12.8 Å². The molecule has 0 atom stereocenters. The third kappa shape index (κ3) is 7.23. The van der Waals surface area contributed by atoms with E-state index in [9.17, 15) is 9.59 Å². The van der Waals surface area contributed by atoms with Crippen molar-refractivity contribution in [3.05, 3.63) is 46.8 Å². The van der Waals surface area contributed by atoms with Crippen molar-refractivity contribution in [3.63, 3.8) is 0 Å². The predicted octanol–water partition coefficient (Wildman–Crippen LogP) is 2.97. The highest BCUT2D eigenvalue weighted by molar-refractivity contribution is 6.26. The highest BCUT2D eigenvalue weighted by Gasteiger charge is 2.41. The van der Waals surface area contributed by atoms with Gasteiger partial charge in [0.1, 0.15) is 13.6 Å². The fourth-order valence-electron chi connectivity index (χ4n) is 4.75. The maximum Gasteiger partial charge on any atom is 0.249 e. The van der Waals surface area contributed by atoms with E-state index in [0.29, 0.717) is 29.1 Å². The molecular formula is C27H40ClN3O2. The Morgan fingerprint density at radius 3 is 1.70 bits per heavy atom. The van der Waals surface area contributed by atoms with Crippen LogP contribution in [-0.4, -0.2) is 21.5 Å². The first-order valence-corrected chi connectivity index (χ1v) is 12.8. The van der Waals surface area contributed by atoms with E-state index < -0.39 is 0 Å². The number of carbonyl (C=O) groups excluding carboxylic acids is 2. The van der Waals surface area contributed by atoms with Crippen LogP contribution in [0, 0.1) is 0 Å². The van der Waals surface area contributed by atoms with Gasteiger partial charge in [-0.2, -0.15) is 0 Å². The third-order valence-electron chi connectivity index (χ3n) is 6.62. The van der Waals surface area contributed by atoms with E-state index >= 15 is 0 Å². The zero-order chi connectivity index (χ0) is 22.8. The lowest BCUT2D eigenvalue weighted by Gasteiger charge is -2.11. The van der Waals surface area contributed by atoms with Gasteiger partial charge >= 0.3 is 0 Å². The quantitative estimate of drug-likeness (QED) is 0.252. The molecule has 0 N–H and O–H groups in total. The number of carbonyl (C=O) groups is 2. The van der Waals surface area contributed by atoms with E-state index in [-0.39, 0.29) is 24.0 Å². The summed E-state index contributed by atoms with van der Waals surface area (Å²) in [4.78, 5) is 25.9. The van der Waals surface area contributed by atoms with Crippen molar-refractivity contribution >= 4 is 11.6 Å². The van der Waals surface area contributed by atoms with Crippen molar-refractivity contribution in [2.45, 2.75) is 103 Å². The van der Waals surface area contributed by atoms with Crippen LogP contribution >= 0.6 is 0 Å². The number of unbranched alkanes of at least 4 members (excludes halogenated alkanes) is 13. The van der Waals surface area contributed by atoms with Gasteiger partial charge in [0.25, 0.3) is 0 Å². The first-order valence-electron chi connectivity index (χ1n) is 12.8. The molecule has 182 valence electrons. The molecule has 0 spiro atoms. The van der Waals surface area contributed by atoms with Gasteiger partial charge in [-0.25, -0.2) is 0 Å². The summed E-state index contributed by atoms with van der Waals surface area (Å²) in [6.45, 7) is 2.95. The second-order valence-electron chi connectivity index (χ2n) is 9.23. The molecule has 1 aromatic heterocycles. The van der Waals surface area contributed by atoms with E-state index in [4.69, 9.17) is 0 Å². The highest BCUT2D eigenvalue weighted by Crippen LogP contribution is 2.25. The zero-order valence-electron chi connectivity index (χ0n) is 20.5. The Bertz CT molecular complexity index is 907. The lowest BCUT2D eigenvalue weighted by molar-refractivity contribution is -0.733. The average Bonchev–Trinajstić information content (AvgIpc) is 3.14. The van der Waals surface area contributed by atoms with Crippen molar-refractivity contribution in [3.8, 4) is 0 Å². The third-order valence-corrected chi connectivity index (χ3v) is 6.62. The number of ketones is 2. The summed E-state index contributed by atoms with van der Waals surface area (Å²) in [5.74, 6) is -0.196. The molecule has 0 bridgehead atoms. The van der Waals surface area contributed by atoms with Gasteiger partial charge in [0.05, 0.1) is 5.21 Å². The highest BCUT2D eigenvalue weighted by atomic mass is 35.5. The number of rotatable bonds is 15. The number of halogens is 1. The summed E-state index contributed by atoms with van der Waals surface area (Å²) in [5, 5.41) is 4.47. The summed E-state index contributed by atoms with van der Waals surface area (Å²) < 4.78 is 3.31. The van der Waals surface area contributed by atoms with Gasteiger partial charge in [-0.3, -0.25) is 9.59 Å². The lowest BCUT2D eigenvalue weighted by Crippen LogP contribution is -3.00. The summed E-state index contributed by atoms with van der Waals surface area (Å²) in [7, 11) is 1.75. The molecule has 0 amide bonds. The maximum absolute atomic E-state index is 13.0. The Morgan fingerprint density at radius 1 is 0.727 bits per heavy atom. The minimum Gasteiger partial charge on any atom is -1.00 e. The van der Waals surface area contributed by atoms with Gasteiger partial charge in [0.2, 0.25) is 23.0 Å². The van der Waals surface area contributed by atoms with Crippen LogP contribution in [0.3, 0.4) is 0 Å². The first-order chi connectivity index (χ1) is 15.6. The van der Waals surface area contributed by atoms with E-state index in [1.54, 1.807) is 34.6 Å². The van der Waals surface area contributed by atoms with E-state index in [1.165, 1.54) is 77.0 Å². The number of aromatic nitrogens is 3. The lowest BCUT2D eigenvalue weighted by atomic mass is 9.90. The Morgan fingerprint density at radius 2 is 1.18 bits per heavy atom. The fraction of sp³-hybridized carbons (Fsp3) is 0.630. The number of fused-ring (bicyclic) bond motifs is 2. The number of hydrogen-bond acceptors (Lipinski definition) is 3. The number of nitrogens with zero attached hydrogens (tertiary/aromatic N) is 3. The molecule has 33 heavy (non-hydrogen) atoms. The largest absolute Gasteiger partial charge is 1.00 e. The number of aryl methyl sites for hydroxylation is 2. The smallest absolute Gasteiger partial charge is 0.249 e. The summed E-state index contributed by atoms with van der Waals surface area (Å²) in [6.07, 6.45) is 18.4. The average molecular weight is 474 g/mol. The molecule has 0 fully saturated rings. The van der Waals surface area contributed by atoms with Crippen molar-refractivity contribution in [2.24, 2.45) is 7.05 Å². The summed E-state index contributed by atoms with van der Waals surface area (Å²) >= 11 is 0. The molecule has 1 aromatic carbocycles. The molecule has 0 saturated heterocycles. The molecule has 0 aliphatic heterocycles. The van der Waals surface area contributed by atoms with Crippen LogP contribution in [0.4, 0.5) is 0 Å². The van der Waals surface area contributed by atoms with Crippen molar-refractivity contribution < 1.29 is 26.7 Å². The Hall–Kier alpha value is -2.01. The maximum atomic E-state index is 13.0. The minimum absolute atomic E-state index is 0. The normalized spacial score (nSPS) is 12.4. The summed E-state index contributed by atoms with van der Waals surface area (Å²) in [5.41, 5.74) is 1.84. The fourth-order valence-corrected chi connectivity index (χ4v) is 4.75. The van der Waals surface area contributed by atoms with Crippen LogP contribution in [-0.2, 0) is 13.6 Å². The summed E-state index contributed by atoms with van der Waals surface area (Å²) in [6, 6.07) is 7.07. The molecule has 1 aliphatic rings. The molecule has 2 aromatic rings. The molecule has 0 radical (unpaired) electrons. The minimum atomic E-state index is -0.107. The number of hydrogen-bond donors (Lipinski definition) is 0. The van der Waals surface area contributed by atoms with Gasteiger partial charge in [0.15, 0.2) is 0 Å². The van der Waals surface area contributed by atoms with Crippen molar-refractivity contribution in [2.75, 3.05) is 0 Å². The van der Waals surface area contributed by atoms with Gasteiger partial charge in [-0.1, -0.05) is 108 Å². The zero-order valence-corrected chi connectivity index (χ0v) is 21.2. The van der Waals surface area contributed by atoms with Crippen LogP contribution in [0.2, 0.25) is 0 Å². The molecule has 3 rings (SSSR count). The van der Waals surface area contributed by atoms with Gasteiger partial charge < -0.3 is 12.4 Å². The SMILES string of the molecule is CCCCCCCCCCCCCCCCn1n[n+](C)c2c1C(=O)c1ccccc1C2=O.[Cl-]. The van der Waals surface area contributed by atoms with Crippen LogP contribution in [0.15, 0.2) is 24.3 Å². The second-order valence-corrected chi connectivity index (χ2v) is 9.23. The standard InChI is InChI=1S/C27H40N3O2.ClH/c1-3-4-5-6-7-8-9-10-11-12-13-14-15-18-21-30-25-24(29(2)28-30)26(31)22-19-16-17-20-23(22)27(25)32;/h16-17,19-20H,3-15,18,21H2,1-2H3;1H/q+1;/p-1. The molecule has 0 saturated carbocycles. The predicted molar refractivity (Wildman–Crippen MR) is 127 cm³/mol. The van der Waals surface area contributed by atoms with Crippen molar-refractivity contribution in [1.29, 1.82) is 0 Å². The molecule has 6 heteroatoms. The van der Waals surface area contributed by atoms with Crippen LogP contribution in [0.25, 0.3) is 0 Å². The number of benzene rings is 1. The monoisotopic (exact) mass is 473 g/mol. The van der Waals surface area contributed by atoms with Crippen molar-refractivity contribution in [1.82, 2.24) is 9.90 Å². The van der Waals surface area contributed by atoms with Crippen LogP contribution in [0.1, 0.15) is 129 Å². The Labute approximate surface area is 205 Å². The first kappa shape index (κ1) is 27.2. The molecular weight excluding hydrogens is 434 g/mol. The second kappa shape index (κ2) is 14.3. The Kier molecular flexibility index (Phi) is 11.8. The van der Waals surface area contributed by atoms with Crippen LogP contribution in [0.5, 0.6) is 0 Å². The topological polar surface area (TPSA) is 55.8 Å². The van der Waals surface area contributed by atoms with E-state index in [2.05, 4.69) is 12.1 Å². The van der Waals surface area contributed by atoms with E-state index in [1.807, 2.05) is 6.07 Å². The Balaban J connectivity index is 0.00000385. The van der Waals surface area contributed by atoms with Crippen LogP contribution < -0.4 is 17.1 Å². The molecule has 1 aliphatic carbocycles. The van der Waals surface area contributed by atoms with Gasteiger partial charge in [0, 0.05) is 11.1 Å². The van der Waals surface area contributed by atoms with Gasteiger partial charge in [-0.15, -0.1) is 9.36 Å². The molecule has 5 nitrogen and oxygen atoms in total. The molecule has 1 heterocycles. The van der Waals surface area contributed by atoms with E-state index in [0.717, 1.165) is 12.8 Å². The molecule has 0 unspecified atom stereocenters.